The fourth-order valence-corrected chi connectivity index (χ4v) is 5.91. The van der Waals surface area contributed by atoms with Gasteiger partial charge in [0, 0.05) is 50.3 Å². The minimum atomic E-state index is 0. The van der Waals surface area contributed by atoms with Gasteiger partial charge in [-0.05, 0) is 80.5 Å². The molecule has 0 spiro atoms. The van der Waals surface area contributed by atoms with Gasteiger partial charge in [-0.25, -0.2) is 0 Å². The molecular weight excluding hydrogens is 787 g/mol. The minimum absolute atomic E-state index is 0. The van der Waals surface area contributed by atoms with Gasteiger partial charge in [0.15, 0.2) is 0 Å². The average molecular weight is 830 g/mol. The van der Waals surface area contributed by atoms with E-state index in [9.17, 15) is 0 Å². The molecule has 0 amide bonds. The van der Waals surface area contributed by atoms with Crippen LogP contribution in [0, 0.1) is 19.1 Å². The Hall–Kier alpha value is -4.76. The molecular formula is C46H43IrN3-2. The van der Waals surface area contributed by atoms with E-state index in [-0.39, 0.29) is 30.9 Å². The summed E-state index contributed by atoms with van der Waals surface area (Å²) >= 11 is 0. The Labute approximate surface area is 311 Å². The van der Waals surface area contributed by atoms with Crippen molar-refractivity contribution in [3.63, 3.8) is 0 Å². The third-order valence-electron chi connectivity index (χ3n) is 8.77. The molecule has 253 valence electrons. The number of pyridine rings is 3. The molecule has 0 saturated heterocycles. The van der Waals surface area contributed by atoms with Gasteiger partial charge < -0.3 is 9.97 Å². The van der Waals surface area contributed by atoms with Gasteiger partial charge in [-0.3, -0.25) is 4.98 Å². The summed E-state index contributed by atoms with van der Waals surface area (Å²) in [5.74, 6) is 0. The number of aryl methyl sites for hydroxylation is 1. The van der Waals surface area contributed by atoms with Crippen molar-refractivity contribution in [3.05, 3.63) is 163 Å². The fraction of sp³-hybridized carbons (Fsp3) is 0.196. The second-order valence-corrected chi connectivity index (χ2v) is 14.6. The first-order valence-corrected chi connectivity index (χ1v) is 16.8. The van der Waals surface area contributed by atoms with Gasteiger partial charge in [0.1, 0.15) is 0 Å². The molecule has 3 nitrogen and oxygen atoms in total. The first kappa shape index (κ1) is 36.5. The zero-order chi connectivity index (χ0) is 34.6. The first-order chi connectivity index (χ1) is 23.5. The van der Waals surface area contributed by atoms with E-state index in [1.807, 2.05) is 61.2 Å². The van der Waals surface area contributed by atoms with Crippen molar-refractivity contribution >= 4 is 10.8 Å². The molecule has 4 aromatic carbocycles. The summed E-state index contributed by atoms with van der Waals surface area (Å²) in [4.78, 5) is 13.4. The molecule has 0 aliphatic heterocycles. The normalized spacial score (nSPS) is 11.3. The third-order valence-corrected chi connectivity index (χ3v) is 8.77. The minimum Gasteiger partial charge on any atom is -0.305 e. The van der Waals surface area contributed by atoms with Crippen molar-refractivity contribution in [2.45, 2.75) is 59.3 Å². The van der Waals surface area contributed by atoms with Gasteiger partial charge in [-0.2, -0.15) is 0 Å². The molecule has 1 radical (unpaired) electrons. The fourth-order valence-electron chi connectivity index (χ4n) is 5.91. The van der Waals surface area contributed by atoms with Gasteiger partial charge in [-0.15, -0.1) is 71.3 Å². The Balaban J connectivity index is 0.000000291. The average Bonchev–Trinajstić information content (AvgIpc) is 3.11. The Kier molecular flexibility index (Phi) is 11.3. The van der Waals surface area contributed by atoms with Crippen LogP contribution in [0.5, 0.6) is 0 Å². The number of aromatic nitrogens is 3. The van der Waals surface area contributed by atoms with Crippen molar-refractivity contribution in [1.82, 2.24) is 15.0 Å². The molecule has 3 heterocycles. The van der Waals surface area contributed by atoms with Crippen LogP contribution in [0.1, 0.15) is 58.2 Å². The van der Waals surface area contributed by atoms with Crippen LogP contribution < -0.4 is 0 Å². The topological polar surface area (TPSA) is 38.7 Å². The maximum atomic E-state index is 4.66. The zero-order valence-corrected chi connectivity index (χ0v) is 32.3. The second-order valence-electron chi connectivity index (χ2n) is 14.6. The maximum Gasteiger partial charge on any atom is 0.0352 e. The van der Waals surface area contributed by atoms with Crippen molar-refractivity contribution < 1.29 is 20.1 Å². The molecule has 7 rings (SSSR count). The summed E-state index contributed by atoms with van der Waals surface area (Å²) in [5, 5.41) is 2.35. The molecule has 0 bridgehead atoms. The predicted molar refractivity (Wildman–Crippen MR) is 205 cm³/mol. The van der Waals surface area contributed by atoms with Crippen LogP contribution in [-0.2, 0) is 30.9 Å². The van der Waals surface area contributed by atoms with E-state index in [0.717, 1.165) is 33.5 Å². The molecule has 0 N–H and O–H groups in total. The number of fused-ring (bicyclic) bond motifs is 1. The number of benzene rings is 4. The van der Waals surface area contributed by atoms with Crippen LogP contribution >= 0.6 is 0 Å². The van der Waals surface area contributed by atoms with Crippen molar-refractivity contribution in [2.75, 3.05) is 0 Å². The van der Waals surface area contributed by atoms with Crippen molar-refractivity contribution in [2.24, 2.45) is 0 Å². The zero-order valence-electron chi connectivity index (χ0n) is 29.9. The summed E-state index contributed by atoms with van der Waals surface area (Å²) in [6.07, 6.45) is 7.59. The summed E-state index contributed by atoms with van der Waals surface area (Å²) in [6, 6.07) is 44.6. The molecule has 0 saturated carbocycles. The van der Waals surface area contributed by atoms with E-state index in [1.165, 1.54) is 38.8 Å². The van der Waals surface area contributed by atoms with Crippen molar-refractivity contribution in [1.29, 1.82) is 0 Å². The summed E-state index contributed by atoms with van der Waals surface area (Å²) < 4.78 is 0. The SMILES string of the molecule is CC(C)(C)c1cccc(-c2ccc(-c3cc[c-]c(-c4cc(C(C)(C)C)ccn4)c3)c3ccncc23)c1.Cc1ccnc(-c2[c-]cccc2)c1.[Ir]. The first-order valence-electron chi connectivity index (χ1n) is 16.8. The van der Waals surface area contributed by atoms with Gasteiger partial charge >= 0.3 is 0 Å². The molecule has 0 aliphatic rings. The quantitative estimate of drug-likeness (QED) is 0.166. The Bertz CT molecular complexity index is 2210. The number of hydrogen-bond acceptors (Lipinski definition) is 3. The molecule has 50 heavy (non-hydrogen) atoms. The van der Waals surface area contributed by atoms with Gasteiger partial charge in [0.25, 0.3) is 0 Å². The van der Waals surface area contributed by atoms with Gasteiger partial charge in [-0.1, -0.05) is 95.6 Å². The van der Waals surface area contributed by atoms with Gasteiger partial charge in [0.05, 0.1) is 0 Å². The van der Waals surface area contributed by atoms with Crippen LogP contribution in [-0.4, -0.2) is 15.0 Å². The second kappa shape index (κ2) is 15.4. The summed E-state index contributed by atoms with van der Waals surface area (Å²) in [7, 11) is 0. The van der Waals surface area contributed by atoms with E-state index in [4.69, 9.17) is 0 Å². The maximum absolute atomic E-state index is 4.66. The largest absolute Gasteiger partial charge is 0.305 e. The van der Waals surface area contributed by atoms with Crippen molar-refractivity contribution in [3.8, 4) is 44.8 Å². The van der Waals surface area contributed by atoms with E-state index >= 15 is 0 Å². The molecule has 0 unspecified atom stereocenters. The Morgan fingerprint density at radius 2 is 1.18 bits per heavy atom. The van der Waals surface area contributed by atoms with Gasteiger partial charge in [0.2, 0.25) is 0 Å². The smallest absolute Gasteiger partial charge is 0.0352 e. The monoisotopic (exact) mass is 830 g/mol. The summed E-state index contributed by atoms with van der Waals surface area (Å²) in [6.45, 7) is 15.5. The predicted octanol–water partition coefficient (Wildman–Crippen LogP) is 11.9. The number of rotatable bonds is 4. The van der Waals surface area contributed by atoms with E-state index in [2.05, 4.69) is 148 Å². The van der Waals surface area contributed by atoms with Crippen LogP contribution in [0.25, 0.3) is 55.5 Å². The van der Waals surface area contributed by atoms with Crippen LogP contribution in [0.2, 0.25) is 0 Å². The molecule has 0 fully saturated rings. The molecule has 0 aliphatic carbocycles. The standard InChI is InChI=1S/C34H33N2.C12H10N.Ir/c1-33(2,3)26-12-8-10-24(20-26)29-14-13-28(30-16-17-35-22-31(29)30)23-9-7-11-25(19-23)32-21-27(15-18-36-32)34(4,5)6;1-10-7-8-13-12(9-10)11-5-3-2-4-6-11;/h7-10,12-22H,1-6H3;2-5,7-9H,1H3;/q2*-1;. The Morgan fingerprint density at radius 3 is 1.88 bits per heavy atom. The van der Waals surface area contributed by atoms with Crippen LogP contribution in [0.4, 0.5) is 0 Å². The van der Waals surface area contributed by atoms with E-state index in [1.54, 1.807) is 0 Å². The number of nitrogens with zero attached hydrogens (tertiary/aromatic N) is 3. The van der Waals surface area contributed by atoms with E-state index in [0.29, 0.717) is 0 Å². The third kappa shape index (κ3) is 8.51. The molecule has 0 atom stereocenters. The van der Waals surface area contributed by atoms with Crippen LogP contribution in [0.15, 0.2) is 134 Å². The molecule has 4 heteroatoms. The molecule has 3 aromatic heterocycles. The van der Waals surface area contributed by atoms with E-state index < -0.39 is 0 Å². The van der Waals surface area contributed by atoms with Crippen LogP contribution in [0.3, 0.4) is 0 Å². The Morgan fingerprint density at radius 1 is 0.520 bits per heavy atom. The summed E-state index contributed by atoms with van der Waals surface area (Å²) in [5.41, 5.74) is 12.7. The molecule has 7 aromatic rings. The number of hydrogen-bond donors (Lipinski definition) is 0.